The van der Waals surface area contributed by atoms with E-state index in [4.69, 9.17) is 14.7 Å². The molecular formula is C16H14N2O6. The van der Waals surface area contributed by atoms with Gasteiger partial charge in [-0.15, -0.1) is 0 Å². The molecule has 0 aliphatic heterocycles. The maximum absolute atomic E-state index is 11.9. The van der Waals surface area contributed by atoms with E-state index in [1.54, 1.807) is 24.3 Å². The van der Waals surface area contributed by atoms with Crippen LogP contribution in [0.1, 0.15) is 15.9 Å². The Labute approximate surface area is 137 Å². The van der Waals surface area contributed by atoms with E-state index >= 15 is 0 Å². The van der Waals surface area contributed by atoms with Crippen molar-refractivity contribution in [1.29, 1.82) is 0 Å². The summed E-state index contributed by atoms with van der Waals surface area (Å²) in [5.41, 5.74) is 0.762. The summed E-state index contributed by atoms with van der Waals surface area (Å²) in [6.45, 7) is -0.251. The number of esters is 1. The maximum atomic E-state index is 11.9. The van der Waals surface area contributed by atoms with Gasteiger partial charge in [0.25, 0.3) is 5.69 Å². The molecule has 0 fully saturated rings. The molecule has 0 aromatic heterocycles. The molecule has 0 spiro atoms. The van der Waals surface area contributed by atoms with E-state index in [-0.39, 0.29) is 23.6 Å². The lowest BCUT2D eigenvalue weighted by molar-refractivity contribution is -0.384. The lowest BCUT2D eigenvalue weighted by atomic mass is 10.1. The molecular weight excluding hydrogens is 316 g/mol. The Bertz CT molecular complexity index is 753. The monoisotopic (exact) mass is 330 g/mol. The molecule has 0 unspecified atom stereocenters. The average Bonchev–Trinajstić information content (AvgIpc) is 2.62. The van der Waals surface area contributed by atoms with Crippen molar-refractivity contribution in [1.82, 2.24) is 0 Å². The summed E-state index contributed by atoms with van der Waals surface area (Å²) in [7, 11) is 1.53. The molecule has 1 N–H and O–H groups in total. The van der Waals surface area contributed by atoms with Crippen molar-refractivity contribution in [3.8, 4) is 5.75 Å². The average molecular weight is 330 g/mol. The van der Waals surface area contributed by atoms with Gasteiger partial charge in [-0.05, 0) is 36.4 Å². The fraction of sp³-hybridized carbons (Fsp3) is 0.125. The second-order valence-corrected chi connectivity index (χ2v) is 4.66. The summed E-state index contributed by atoms with van der Waals surface area (Å²) in [5, 5.41) is 22.8. The summed E-state index contributed by atoms with van der Waals surface area (Å²) >= 11 is 0. The molecule has 0 amide bonds. The summed E-state index contributed by atoms with van der Waals surface area (Å²) in [6, 6.07) is 11.7. The molecule has 0 saturated carbocycles. The Morgan fingerprint density at radius 3 is 2.21 bits per heavy atom. The Kier molecular flexibility index (Phi) is 5.45. The number of hydrogen-bond donors (Lipinski definition) is 1. The van der Waals surface area contributed by atoms with Crippen LogP contribution in [0.5, 0.6) is 5.75 Å². The lowest BCUT2D eigenvalue weighted by Crippen LogP contribution is -2.15. The van der Waals surface area contributed by atoms with Crippen LogP contribution in [-0.2, 0) is 4.74 Å². The number of nitro groups is 1. The SMILES string of the molecule is COc1ccc(/C(COC(=O)c2ccc([N+](=O)[O-])cc2)=N\O)cc1. The Hall–Kier alpha value is -3.42. The van der Waals surface area contributed by atoms with E-state index in [9.17, 15) is 14.9 Å². The minimum Gasteiger partial charge on any atom is -0.497 e. The number of non-ortho nitro benzene ring substituents is 1. The minimum absolute atomic E-state index is 0.123. The second kappa shape index (κ2) is 7.73. The zero-order valence-corrected chi connectivity index (χ0v) is 12.7. The second-order valence-electron chi connectivity index (χ2n) is 4.66. The zero-order chi connectivity index (χ0) is 17.5. The molecule has 0 heterocycles. The van der Waals surface area contributed by atoms with Crippen molar-refractivity contribution in [2.24, 2.45) is 5.16 Å². The third kappa shape index (κ3) is 4.07. The third-order valence-electron chi connectivity index (χ3n) is 3.20. The molecule has 0 saturated heterocycles. The van der Waals surface area contributed by atoms with E-state index in [2.05, 4.69) is 5.16 Å². The molecule has 2 aromatic carbocycles. The minimum atomic E-state index is -0.681. The van der Waals surface area contributed by atoms with Crippen molar-refractivity contribution < 1.29 is 24.4 Å². The van der Waals surface area contributed by atoms with Crippen LogP contribution in [-0.4, -0.2) is 35.5 Å². The predicted molar refractivity (Wildman–Crippen MR) is 84.7 cm³/mol. The van der Waals surface area contributed by atoms with Crippen LogP contribution in [0.3, 0.4) is 0 Å². The number of benzene rings is 2. The van der Waals surface area contributed by atoms with E-state index in [1.165, 1.54) is 31.4 Å². The summed E-state index contributed by atoms with van der Waals surface area (Å²) in [6.07, 6.45) is 0. The normalized spacial score (nSPS) is 11.0. The summed E-state index contributed by atoms with van der Waals surface area (Å²) in [4.78, 5) is 21.9. The quantitative estimate of drug-likeness (QED) is 0.286. The first-order valence-electron chi connectivity index (χ1n) is 6.82. The van der Waals surface area contributed by atoms with Crippen LogP contribution >= 0.6 is 0 Å². The number of nitrogens with zero attached hydrogens (tertiary/aromatic N) is 2. The molecule has 24 heavy (non-hydrogen) atoms. The van der Waals surface area contributed by atoms with Crippen molar-refractivity contribution >= 4 is 17.4 Å². The van der Waals surface area contributed by atoms with Gasteiger partial charge in [-0.3, -0.25) is 10.1 Å². The van der Waals surface area contributed by atoms with Crippen LogP contribution in [0.4, 0.5) is 5.69 Å². The number of rotatable bonds is 6. The van der Waals surface area contributed by atoms with E-state index in [0.717, 1.165) is 0 Å². The van der Waals surface area contributed by atoms with Crippen molar-refractivity contribution in [2.45, 2.75) is 0 Å². The van der Waals surface area contributed by atoms with Crippen molar-refractivity contribution in [3.05, 3.63) is 69.8 Å². The molecule has 0 aliphatic carbocycles. The molecule has 0 radical (unpaired) electrons. The highest BCUT2D eigenvalue weighted by Crippen LogP contribution is 2.14. The van der Waals surface area contributed by atoms with Gasteiger partial charge in [-0.2, -0.15) is 0 Å². The molecule has 8 nitrogen and oxygen atoms in total. The molecule has 0 atom stereocenters. The highest BCUT2D eigenvalue weighted by atomic mass is 16.6. The molecule has 8 heteroatoms. The van der Waals surface area contributed by atoms with Crippen molar-refractivity contribution in [2.75, 3.05) is 13.7 Å². The highest BCUT2D eigenvalue weighted by molar-refractivity contribution is 6.02. The molecule has 2 rings (SSSR count). The van der Waals surface area contributed by atoms with Gasteiger partial charge in [0.05, 0.1) is 17.6 Å². The van der Waals surface area contributed by atoms with Gasteiger partial charge in [0.1, 0.15) is 18.1 Å². The number of carbonyl (C=O) groups excluding carboxylic acids is 1. The van der Waals surface area contributed by atoms with Gasteiger partial charge >= 0.3 is 5.97 Å². The number of methoxy groups -OCH3 is 1. The molecule has 0 bridgehead atoms. The van der Waals surface area contributed by atoms with Crippen molar-refractivity contribution in [3.63, 3.8) is 0 Å². The van der Waals surface area contributed by atoms with Crippen LogP contribution in [0.25, 0.3) is 0 Å². The Balaban J connectivity index is 2.01. The fourth-order valence-electron chi connectivity index (χ4n) is 1.89. The largest absolute Gasteiger partial charge is 0.497 e. The number of oxime groups is 1. The van der Waals surface area contributed by atoms with Gasteiger partial charge in [0.15, 0.2) is 0 Å². The third-order valence-corrected chi connectivity index (χ3v) is 3.20. The summed E-state index contributed by atoms with van der Waals surface area (Å²) < 4.78 is 10.1. The van der Waals surface area contributed by atoms with E-state index < -0.39 is 10.9 Å². The Morgan fingerprint density at radius 1 is 1.12 bits per heavy atom. The summed E-state index contributed by atoms with van der Waals surface area (Å²) in [5.74, 6) is -0.0431. The number of hydrogen-bond acceptors (Lipinski definition) is 7. The lowest BCUT2D eigenvalue weighted by Gasteiger charge is -2.07. The van der Waals surface area contributed by atoms with Crippen LogP contribution in [0.15, 0.2) is 53.7 Å². The topological polar surface area (TPSA) is 111 Å². The Morgan fingerprint density at radius 2 is 1.71 bits per heavy atom. The van der Waals surface area contributed by atoms with Crippen LogP contribution < -0.4 is 4.74 Å². The zero-order valence-electron chi connectivity index (χ0n) is 12.7. The van der Waals surface area contributed by atoms with E-state index in [0.29, 0.717) is 11.3 Å². The number of ether oxygens (including phenoxy) is 2. The van der Waals surface area contributed by atoms with E-state index in [1.807, 2.05) is 0 Å². The van der Waals surface area contributed by atoms with Gasteiger partial charge in [0.2, 0.25) is 0 Å². The first kappa shape index (κ1) is 16.9. The first-order chi connectivity index (χ1) is 11.5. The van der Waals surface area contributed by atoms with Gasteiger partial charge < -0.3 is 14.7 Å². The number of carbonyl (C=O) groups is 1. The highest BCUT2D eigenvalue weighted by Gasteiger charge is 2.13. The smallest absolute Gasteiger partial charge is 0.338 e. The maximum Gasteiger partial charge on any atom is 0.338 e. The molecule has 2 aromatic rings. The van der Waals surface area contributed by atoms with Gasteiger partial charge in [-0.1, -0.05) is 5.16 Å². The number of nitro benzene ring substituents is 1. The standard InChI is InChI=1S/C16H14N2O6/c1-23-14-8-4-11(5-9-14)15(17-20)10-24-16(19)12-2-6-13(7-3-12)18(21)22/h2-9,20H,10H2,1H3/b17-15-. The van der Waals surface area contributed by atoms with Gasteiger partial charge in [0, 0.05) is 17.7 Å². The fourth-order valence-corrected chi connectivity index (χ4v) is 1.89. The first-order valence-corrected chi connectivity index (χ1v) is 6.82. The predicted octanol–water partition coefficient (Wildman–Crippen LogP) is 2.64. The van der Waals surface area contributed by atoms with Crippen LogP contribution in [0, 0.1) is 10.1 Å². The van der Waals surface area contributed by atoms with Gasteiger partial charge in [-0.25, -0.2) is 4.79 Å². The molecule has 0 aliphatic rings. The van der Waals surface area contributed by atoms with Crippen LogP contribution in [0.2, 0.25) is 0 Å². The molecule has 124 valence electrons.